The molecule has 2 N–H and O–H groups in total. The van der Waals surface area contributed by atoms with Crippen molar-refractivity contribution in [2.75, 3.05) is 26.7 Å². The van der Waals surface area contributed by atoms with Crippen LogP contribution in [0.2, 0.25) is 0 Å². The zero-order valence-corrected chi connectivity index (χ0v) is 17.4. The van der Waals surface area contributed by atoms with E-state index in [-0.39, 0.29) is 5.91 Å². The van der Waals surface area contributed by atoms with E-state index in [1.165, 1.54) is 6.42 Å². The Balaban J connectivity index is 1.45. The summed E-state index contributed by atoms with van der Waals surface area (Å²) in [5, 5.41) is 14.7. The first kappa shape index (κ1) is 20.8. The van der Waals surface area contributed by atoms with Gasteiger partial charge in [0.25, 0.3) is 5.91 Å². The van der Waals surface area contributed by atoms with Crippen LogP contribution in [0.3, 0.4) is 0 Å². The largest absolute Gasteiger partial charge is 0.355 e. The summed E-state index contributed by atoms with van der Waals surface area (Å²) in [7, 11) is 1.76. The van der Waals surface area contributed by atoms with Crippen LogP contribution in [0, 0.1) is 0 Å². The Bertz CT molecular complexity index is 807. The van der Waals surface area contributed by atoms with Gasteiger partial charge in [0, 0.05) is 51.8 Å². The maximum atomic E-state index is 12.6. The highest BCUT2D eigenvalue weighted by atomic mass is 16.2. The van der Waals surface area contributed by atoms with Crippen LogP contribution in [0.15, 0.2) is 35.6 Å². The van der Waals surface area contributed by atoms with Crippen LogP contribution in [0.4, 0.5) is 0 Å². The zero-order valence-electron chi connectivity index (χ0n) is 17.4. The van der Waals surface area contributed by atoms with Gasteiger partial charge >= 0.3 is 0 Å². The Morgan fingerprint density at radius 2 is 1.90 bits per heavy atom. The normalized spacial score (nSPS) is 14.7. The Kier molecular flexibility index (Phi) is 7.61. The molecule has 0 spiro atoms. The van der Waals surface area contributed by atoms with Gasteiger partial charge < -0.3 is 20.1 Å². The molecule has 2 heterocycles. The van der Waals surface area contributed by atoms with E-state index in [1.54, 1.807) is 13.4 Å². The summed E-state index contributed by atoms with van der Waals surface area (Å²) in [4.78, 5) is 18.8. The maximum absolute atomic E-state index is 12.6. The molecule has 1 saturated heterocycles. The Labute approximate surface area is 172 Å². The number of nitrogens with zero attached hydrogens (tertiary/aromatic N) is 5. The fourth-order valence-electron chi connectivity index (χ4n) is 3.49. The quantitative estimate of drug-likeness (QED) is 0.550. The number of aryl methyl sites for hydroxylation is 1. The first-order valence-electron chi connectivity index (χ1n) is 10.4. The van der Waals surface area contributed by atoms with E-state index in [4.69, 9.17) is 0 Å². The Hall–Kier alpha value is -2.90. The van der Waals surface area contributed by atoms with Gasteiger partial charge in [-0.2, -0.15) is 0 Å². The Morgan fingerprint density at radius 3 is 2.59 bits per heavy atom. The van der Waals surface area contributed by atoms with E-state index in [2.05, 4.69) is 32.7 Å². The van der Waals surface area contributed by atoms with Crippen molar-refractivity contribution in [3.63, 3.8) is 0 Å². The number of guanidine groups is 1. The smallest absolute Gasteiger partial charge is 0.253 e. The van der Waals surface area contributed by atoms with Crippen LogP contribution in [0.25, 0.3) is 0 Å². The monoisotopic (exact) mass is 397 g/mol. The summed E-state index contributed by atoms with van der Waals surface area (Å²) in [6.45, 7) is 5.97. The fraction of sp³-hybridized carbons (Fsp3) is 0.524. The van der Waals surface area contributed by atoms with Crippen molar-refractivity contribution in [3.05, 3.63) is 47.5 Å². The number of aromatic nitrogens is 3. The van der Waals surface area contributed by atoms with Gasteiger partial charge in [-0.3, -0.25) is 9.79 Å². The third-order valence-corrected chi connectivity index (χ3v) is 5.18. The van der Waals surface area contributed by atoms with E-state index in [1.807, 2.05) is 33.7 Å². The first-order chi connectivity index (χ1) is 14.2. The molecular formula is C21H31N7O. The second kappa shape index (κ2) is 10.6. The second-order valence-corrected chi connectivity index (χ2v) is 7.20. The summed E-state index contributed by atoms with van der Waals surface area (Å²) < 4.78 is 2.04. The molecule has 3 rings (SSSR count). The van der Waals surface area contributed by atoms with Crippen LogP contribution >= 0.6 is 0 Å². The van der Waals surface area contributed by atoms with Crippen LogP contribution in [-0.2, 0) is 19.5 Å². The highest BCUT2D eigenvalue weighted by Gasteiger charge is 2.17. The second-order valence-electron chi connectivity index (χ2n) is 7.20. The van der Waals surface area contributed by atoms with E-state index in [0.29, 0.717) is 6.54 Å². The van der Waals surface area contributed by atoms with Gasteiger partial charge in [-0.05, 0) is 37.0 Å². The number of amides is 1. The molecule has 0 bridgehead atoms. The highest BCUT2D eigenvalue weighted by Crippen LogP contribution is 2.13. The fourth-order valence-corrected chi connectivity index (χ4v) is 3.49. The lowest BCUT2D eigenvalue weighted by atomic mass is 10.1. The number of hydrogen-bond donors (Lipinski definition) is 2. The van der Waals surface area contributed by atoms with Crippen LogP contribution in [0.5, 0.6) is 0 Å². The van der Waals surface area contributed by atoms with Gasteiger partial charge in [-0.25, -0.2) is 0 Å². The summed E-state index contributed by atoms with van der Waals surface area (Å²) in [6, 6.07) is 7.84. The molecule has 0 aliphatic carbocycles. The summed E-state index contributed by atoms with van der Waals surface area (Å²) in [5.41, 5.74) is 1.87. The van der Waals surface area contributed by atoms with Crippen molar-refractivity contribution in [1.29, 1.82) is 0 Å². The Morgan fingerprint density at radius 1 is 1.14 bits per heavy atom. The maximum Gasteiger partial charge on any atom is 0.253 e. The lowest BCUT2D eigenvalue weighted by Crippen LogP contribution is -2.38. The van der Waals surface area contributed by atoms with Crippen molar-refractivity contribution in [1.82, 2.24) is 30.3 Å². The average Bonchev–Trinajstić information content (AvgIpc) is 3.24. The molecule has 156 valence electrons. The third-order valence-electron chi connectivity index (χ3n) is 5.18. The number of benzene rings is 1. The van der Waals surface area contributed by atoms with Crippen molar-refractivity contribution >= 4 is 11.9 Å². The van der Waals surface area contributed by atoms with Gasteiger partial charge in [-0.1, -0.05) is 19.1 Å². The summed E-state index contributed by atoms with van der Waals surface area (Å²) in [6.07, 6.45) is 6.06. The van der Waals surface area contributed by atoms with E-state index >= 15 is 0 Å². The van der Waals surface area contributed by atoms with Crippen molar-refractivity contribution in [2.24, 2.45) is 4.99 Å². The molecular weight excluding hydrogens is 366 g/mol. The molecule has 0 saturated carbocycles. The van der Waals surface area contributed by atoms with Gasteiger partial charge in [0.15, 0.2) is 5.96 Å². The first-order valence-corrected chi connectivity index (χ1v) is 10.4. The molecule has 0 unspecified atom stereocenters. The van der Waals surface area contributed by atoms with E-state index < -0.39 is 0 Å². The molecule has 1 aliphatic rings. The number of hydrogen-bond acceptors (Lipinski definition) is 4. The molecule has 8 nitrogen and oxygen atoms in total. The van der Waals surface area contributed by atoms with Crippen molar-refractivity contribution in [2.45, 2.75) is 45.7 Å². The summed E-state index contributed by atoms with van der Waals surface area (Å²) in [5.74, 6) is 1.86. The third kappa shape index (κ3) is 5.79. The van der Waals surface area contributed by atoms with E-state index in [9.17, 15) is 4.79 Å². The topological polar surface area (TPSA) is 87.4 Å². The molecule has 0 radical (unpaired) electrons. The molecule has 1 amide bonds. The highest BCUT2D eigenvalue weighted by molar-refractivity contribution is 5.94. The SMILES string of the molecule is CCc1nncn1CCNC(=NC)NCc1ccc(C(=O)N2CCCCC2)cc1. The minimum Gasteiger partial charge on any atom is -0.355 e. The molecule has 1 fully saturated rings. The number of carbonyl (C=O) groups excluding carboxylic acids is 1. The van der Waals surface area contributed by atoms with Gasteiger partial charge in [0.1, 0.15) is 12.2 Å². The van der Waals surface area contributed by atoms with Crippen LogP contribution in [0.1, 0.15) is 47.9 Å². The standard InChI is InChI=1S/C21H31N7O/c1-3-19-26-25-16-28(19)14-11-23-21(22-2)24-15-17-7-9-18(10-8-17)20(29)27-12-5-4-6-13-27/h7-10,16H,3-6,11-15H2,1-2H3,(H2,22,23,24). The van der Waals surface area contributed by atoms with Crippen LogP contribution in [-0.4, -0.2) is 58.2 Å². The van der Waals surface area contributed by atoms with Crippen molar-refractivity contribution < 1.29 is 4.79 Å². The number of aliphatic imine (C=N–C) groups is 1. The molecule has 1 aromatic carbocycles. The summed E-state index contributed by atoms with van der Waals surface area (Å²) >= 11 is 0. The number of nitrogens with one attached hydrogen (secondary N) is 2. The predicted octanol–water partition coefficient (Wildman–Crippen LogP) is 1.83. The van der Waals surface area contributed by atoms with Crippen LogP contribution < -0.4 is 10.6 Å². The molecule has 29 heavy (non-hydrogen) atoms. The zero-order chi connectivity index (χ0) is 20.5. The van der Waals surface area contributed by atoms with E-state index in [0.717, 1.165) is 68.4 Å². The molecule has 1 aliphatic heterocycles. The number of carbonyl (C=O) groups is 1. The lowest BCUT2D eigenvalue weighted by molar-refractivity contribution is 0.0724. The van der Waals surface area contributed by atoms with Crippen molar-refractivity contribution in [3.8, 4) is 0 Å². The molecule has 2 aromatic rings. The number of piperidine rings is 1. The molecule has 0 atom stereocenters. The minimum atomic E-state index is 0.141. The van der Waals surface area contributed by atoms with Gasteiger partial charge in [0.05, 0.1) is 0 Å². The van der Waals surface area contributed by atoms with Gasteiger partial charge in [0.2, 0.25) is 0 Å². The predicted molar refractivity (Wildman–Crippen MR) is 114 cm³/mol. The number of likely N-dealkylation sites (tertiary alicyclic amines) is 1. The lowest BCUT2D eigenvalue weighted by Gasteiger charge is -2.26. The average molecular weight is 398 g/mol. The minimum absolute atomic E-state index is 0.141. The van der Waals surface area contributed by atoms with Gasteiger partial charge in [-0.15, -0.1) is 10.2 Å². The molecule has 1 aromatic heterocycles. The molecule has 8 heteroatoms. The number of rotatable bonds is 7.